The normalized spacial score (nSPS) is 10.6. The Balaban J connectivity index is 2.89. The molecule has 2 amide bonds. The predicted octanol–water partition coefficient (Wildman–Crippen LogP) is 4.69. The highest BCUT2D eigenvalue weighted by molar-refractivity contribution is 9.11. The molecule has 0 heterocycles. The maximum atomic E-state index is 12.3. The number of rotatable bonds is 5. The number of carbonyl (C=O) groups excluding carboxylic acids is 1. The van der Waals surface area contributed by atoms with Gasteiger partial charge in [-0.25, -0.2) is 4.79 Å². The van der Waals surface area contributed by atoms with E-state index >= 15 is 0 Å². The molecule has 2 N–H and O–H groups in total. The number of anilines is 1. The molecule has 0 bridgehead atoms. The fraction of sp³-hybridized carbons (Fsp3) is 0.385. The number of benzene rings is 1. The van der Waals surface area contributed by atoms with E-state index in [4.69, 9.17) is 5.11 Å². The summed E-state index contributed by atoms with van der Waals surface area (Å²) in [4.78, 5) is 24.5. The maximum absolute atomic E-state index is 12.3. The molecule has 1 aromatic carbocycles. The van der Waals surface area contributed by atoms with Crippen LogP contribution in [0.5, 0.6) is 0 Å². The van der Waals surface area contributed by atoms with Gasteiger partial charge in [0.2, 0.25) is 0 Å². The predicted molar refractivity (Wildman–Crippen MR) is 92.7 cm³/mol. The third-order valence-electron chi connectivity index (χ3n) is 2.69. The summed E-state index contributed by atoms with van der Waals surface area (Å²) in [6.45, 7) is 3.84. The molecule has 0 aromatic heterocycles. The van der Waals surface area contributed by atoms with Crippen molar-refractivity contribution < 1.29 is 14.7 Å². The smallest absolute Gasteiger partial charge is 0.322 e. The molecule has 0 aliphatic carbocycles. The van der Waals surface area contributed by atoms with Crippen LogP contribution in [-0.4, -0.2) is 34.6 Å². The highest BCUT2D eigenvalue weighted by Gasteiger charge is 2.20. The third kappa shape index (κ3) is 5.60. The van der Waals surface area contributed by atoms with Gasteiger partial charge in [-0.3, -0.25) is 4.79 Å². The van der Waals surface area contributed by atoms with Crippen LogP contribution >= 0.6 is 47.8 Å². The standard InChI is InChI=1S/C13H15Br3N2O3/c1-7(2)18(4-3-11(19)20)13(21)17-12-9(15)5-8(14)6-10(12)16/h5-7H,3-4H2,1-2H3,(H,17,21)(H,19,20). The Kier molecular flexibility index (Phi) is 7.15. The summed E-state index contributed by atoms with van der Waals surface area (Å²) in [5.74, 6) is -0.931. The molecule has 8 heteroatoms. The Morgan fingerprint density at radius 2 is 1.76 bits per heavy atom. The van der Waals surface area contributed by atoms with Gasteiger partial charge in [0.1, 0.15) is 0 Å². The largest absolute Gasteiger partial charge is 0.481 e. The van der Waals surface area contributed by atoms with Gasteiger partial charge in [-0.2, -0.15) is 0 Å². The number of carboxylic acid groups (broad SMARTS) is 1. The fourth-order valence-corrected chi connectivity index (χ4v) is 4.11. The molecule has 5 nitrogen and oxygen atoms in total. The number of carboxylic acids is 1. The van der Waals surface area contributed by atoms with E-state index in [-0.39, 0.29) is 25.0 Å². The van der Waals surface area contributed by atoms with Crippen molar-refractivity contribution in [1.82, 2.24) is 4.90 Å². The maximum Gasteiger partial charge on any atom is 0.322 e. The van der Waals surface area contributed by atoms with E-state index in [1.807, 2.05) is 26.0 Å². The number of urea groups is 1. The van der Waals surface area contributed by atoms with E-state index in [9.17, 15) is 9.59 Å². The molecule has 0 radical (unpaired) electrons. The summed E-state index contributed by atoms with van der Waals surface area (Å²) in [6.07, 6.45) is -0.0890. The Labute approximate surface area is 148 Å². The van der Waals surface area contributed by atoms with E-state index in [2.05, 4.69) is 53.1 Å². The lowest BCUT2D eigenvalue weighted by atomic mass is 10.3. The molecule has 0 aliphatic heterocycles. The number of nitrogens with zero attached hydrogens (tertiary/aromatic N) is 1. The lowest BCUT2D eigenvalue weighted by Crippen LogP contribution is -2.41. The molecule has 0 unspecified atom stereocenters. The molecule has 1 aromatic rings. The molecule has 0 spiro atoms. The molecule has 116 valence electrons. The van der Waals surface area contributed by atoms with Crippen molar-refractivity contribution in [3.8, 4) is 0 Å². The van der Waals surface area contributed by atoms with Crippen molar-refractivity contribution in [3.05, 3.63) is 25.6 Å². The van der Waals surface area contributed by atoms with Gasteiger partial charge < -0.3 is 15.3 Å². The van der Waals surface area contributed by atoms with E-state index in [0.29, 0.717) is 5.69 Å². The summed E-state index contributed by atoms with van der Waals surface area (Å²) >= 11 is 10.1. The molecule has 0 fully saturated rings. The van der Waals surface area contributed by atoms with Crippen molar-refractivity contribution in [3.63, 3.8) is 0 Å². The molecule has 0 saturated heterocycles. The average molecular weight is 487 g/mol. The number of aliphatic carboxylic acids is 1. The number of hydrogen-bond acceptors (Lipinski definition) is 2. The van der Waals surface area contributed by atoms with Crippen LogP contribution < -0.4 is 5.32 Å². The number of hydrogen-bond donors (Lipinski definition) is 2. The average Bonchev–Trinajstić information content (AvgIpc) is 2.33. The number of nitrogens with one attached hydrogen (secondary N) is 1. The Morgan fingerprint density at radius 1 is 1.24 bits per heavy atom. The minimum absolute atomic E-state index is 0.0890. The second-order valence-electron chi connectivity index (χ2n) is 4.61. The van der Waals surface area contributed by atoms with Crippen LogP contribution in [0, 0.1) is 0 Å². The number of halogens is 3. The zero-order valence-corrected chi connectivity index (χ0v) is 16.2. The van der Waals surface area contributed by atoms with E-state index in [1.165, 1.54) is 4.90 Å². The first-order chi connectivity index (χ1) is 9.72. The van der Waals surface area contributed by atoms with Crippen LogP contribution in [0.25, 0.3) is 0 Å². The first-order valence-electron chi connectivity index (χ1n) is 6.16. The SMILES string of the molecule is CC(C)N(CCC(=O)O)C(=O)Nc1c(Br)cc(Br)cc1Br. The zero-order chi connectivity index (χ0) is 16.2. The molecule has 0 aliphatic rings. The third-order valence-corrected chi connectivity index (χ3v) is 4.40. The Morgan fingerprint density at radius 3 is 2.19 bits per heavy atom. The van der Waals surface area contributed by atoms with Crippen LogP contribution in [0.3, 0.4) is 0 Å². The lowest BCUT2D eigenvalue weighted by molar-refractivity contribution is -0.137. The van der Waals surface area contributed by atoms with Crippen LogP contribution in [0.4, 0.5) is 10.5 Å². The summed E-state index contributed by atoms with van der Waals surface area (Å²) in [5, 5.41) is 11.5. The van der Waals surface area contributed by atoms with Gasteiger partial charge >= 0.3 is 12.0 Å². The fourth-order valence-electron chi connectivity index (χ4n) is 1.65. The second-order valence-corrected chi connectivity index (χ2v) is 7.23. The molecule has 0 atom stereocenters. The van der Waals surface area contributed by atoms with Crippen LogP contribution in [0.2, 0.25) is 0 Å². The van der Waals surface area contributed by atoms with E-state index in [1.54, 1.807) is 0 Å². The van der Waals surface area contributed by atoms with Crippen molar-refractivity contribution >= 4 is 65.5 Å². The van der Waals surface area contributed by atoms with Crippen molar-refractivity contribution in [1.29, 1.82) is 0 Å². The molecule has 1 rings (SSSR count). The Hall–Kier alpha value is -0.600. The second kappa shape index (κ2) is 8.14. The quantitative estimate of drug-likeness (QED) is 0.634. The van der Waals surface area contributed by atoms with Gasteiger partial charge in [-0.05, 0) is 57.8 Å². The van der Waals surface area contributed by atoms with Crippen LogP contribution in [0.15, 0.2) is 25.6 Å². The van der Waals surface area contributed by atoms with Crippen molar-refractivity contribution in [2.24, 2.45) is 0 Å². The van der Waals surface area contributed by atoms with Gasteiger partial charge in [0.15, 0.2) is 0 Å². The topological polar surface area (TPSA) is 69.6 Å². The first-order valence-corrected chi connectivity index (χ1v) is 8.54. The van der Waals surface area contributed by atoms with Gasteiger partial charge in [0, 0.05) is 26.0 Å². The van der Waals surface area contributed by atoms with Gasteiger partial charge in [0.05, 0.1) is 12.1 Å². The van der Waals surface area contributed by atoms with Gasteiger partial charge in [0.25, 0.3) is 0 Å². The number of amides is 2. The van der Waals surface area contributed by atoms with Gasteiger partial charge in [-0.1, -0.05) is 15.9 Å². The summed E-state index contributed by atoms with van der Waals surface area (Å²) in [7, 11) is 0. The molecular formula is C13H15Br3N2O3. The van der Waals surface area contributed by atoms with E-state index in [0.717, 1.165) is 13.4 Å². The summed E-state index contributed by atoms with van der Waals surface area (Å²) in [5.41, 5.74) is 0.601. The van der Waals surface area contributed by atoms with Crippen molar-refractivity contribution in [2.45, 2.75) is 26.3 Å². The molecule has 0 saturated carbocycles. The van der Waals surface area contributed by atoms with Crippen LogP contribution in [0.1, 0.15) is 20.3 Å². The minimum Gasteiger partial charge on any atom is -0.481 e. The number of carbonyl (C=O) groups is 2. The highest BCUT2D eigenvalue weighted by Crippen LogP contribution is 2.34. The first kappa shape index (κ1) is 18.4. The monoisotopic (exact) mass is 484 g/mol. The van der Waals surface area contributed by atoms with E-state index < -0.39 is 5.97 Å². The zero-order valence-electron chi connectivity index (χ0n) is 11.5. The highest BCUT2D eigenvalue weighted by atomic mass is 79.9. The van der Waals surface area contributed by atoms with Crippen LogP contribution in [-0.2, 0) is 4.79 Å². The van der Waals surface area contributed by atoms with Gasteiger partial charge in [-0.15, -0.1) is 0 Å². The molecular weight excluding hydrogens is 472 g/mol. The van der Waals surface area contributed by atoms with Crippen molar-refractivity contribution in [2.75, 3.05) is 11.9 Å². The Bertz CT molecular complexity index is 526. The molecule has 21 heavy (non-hydrogen) atoms. The summed E-state index contributed by atoms with van der Waals surface area (Å²) in [6, 6.07) is 3.20. The summed E-state index contributed by atoms with van der Waals surface area (Å²) < 4.78 is 2.31. The lowest BCUT2D eigenvalue weighted by Gasteiger charge is -2.27. The minimum atomic E-state index is -0.931.